The van der Waals surface area contributed by atoms with Crippen molar-refractivity contribution in [1.82, 2.24) is 4.90 Å². The van der Waals surface area contributed by atoms with Gasteiger partial charge in [-0.2, -0.15) is 0 Å². The van der Waals surface area contributed by atoms with Gasteiger partial charge < -0.3 is 9.64 Å². The number of halogens is 4. The highest BCUT2D eigenvalue weighted by molar-refractivity contribution is 7.12. The van der Waals surface area contributed by atoms with Crippen LogP contribution in [-0.2, 0) is 29.6 Å². The molecule has 29 heavy (non-hydrogen) atoms. The number of alkyl halides is 2. The van der Waals surface area contributed by atoms with Crippen LogP contribution in [-0.4, -0.2) is 37.1 Å². The quantitative estimate of drug-likeness (QED) is 0.598. The molecular weight excluding hydrogens is 402 g/mol. The average Bonchev–Trinajstić information content (AvgIpc) is 3.07. The van der Waals surface area contributed by atoms with Gasteiger partial charge in [0, 0.05) is 35.3 Å². The summed E-state index contributed by atoms with van der Waals surface area (Å²) in [5, 5.41) is 0. The third-order valence-electron chi connectivity index (χ3n) is 6.10. The Balaban J connectivity index is 1.43. The first-order valence-electron chi connectivity index (χ1n) is 10.1. The summed E-state index contributed by atoms with van der Waals surface area (Å²) in [6, 6.07) is 6.25. The number of thiophene rings is 1. The van der Waals surface area contributed by atoms with Gasteiger partial charge in [0.05, 0.1) is 6.61 Å². The van der Waals surface area contributed by atoms with E-state index in [1.54, 1.807) is 6.07 Å². The summed E-state index contributed by atoms with van der Waals surface area (Å²) in [5.74, 6) is -1.64. The predicted octanol–water partition coefficient (Wildman–Crippen LogP) is 5.33. The van der Waals surface area contributed by atoms with Crippen LogP contribution in [0.15, 0.2) is 24.3 Å². The lowest BCUT2D eigenvalue weighted by atomic mass is 9.82. The lowest BCUT2D eigenvalue weighted by Gasteiger charge is -2.47. The van der Waals surface area contributed by atoms with Crippen molar-refractivity contribution < 1.29 is 22.3 Å². The molecule has 0 amide bonds. The van der Waals surface area contributed by atoms with E-state index in [4.69, 9.17) is 4.74 Å². The zero-order chi connectivity index (χ0) is 20.6. The van der Waals surface area contributed by atoms with E-state index in [0.717, 1.165) is 47.7 Å². The molecule has 0 aliphatic carbocycles. The standard InChI is InChI=1S/C22H25F4NOS/c1-14-13-22(21-16(5-9-28-22)11-17(29-21)12-20(25)26)6-8-27(14)7-4-15-2-3-18(23)19(24)10-15/h2-3,10-11,14,20H,4-9,12-13H2,1H3/t14-,22+/m0/s1. The second-order valence-electron chi connectivity index (χ2n) is 8.09. The second-order valence-corrected chi connectivity index (χ2v) is 9.23. The van der Waals surface area contributed by atoms with E-state index in [1.165, 1.54) is 29.0 Å². The maximum Gasteiger partial charge on any atom is 0.243 e. The van der Waals surface area contributed by atoms with E-state index >= 15 is 0 Å². The van der Waals surface area contributed by atoms with Crippen molar-refractivity contribution in [3.05, 3.63) is 56.8 Å². The van der Waals surface area contributed by atoms with E-state index in [9.17, 15) is 17.6 Å². The SMILES string of the molecule is C[C@H]1C[C@@]2(CCN1CCc1ccc(F)c(F)c1)OCCc1cc(CC(F)F)sc12. The van der Waals surface area contributed by atoms with E-state index in [-0.39, 0.29) is 18.1 Å². The normalized spacial score (nSPS) is 25.0. The van der Waals surface area contributed by atoms with Crippen molar-refractivity contribution in [3.8, 4) is 0 Å². The molecule has 1 saturated heterocycles. The van der Waals surface area contributed by atoms with E-state index in [2.05, 4.69) is 11.8 Å². The molecule has 4 rings (SSSR count). The predicted molar refractivity (Wildman–Crippen MR) is 106 cm³/mol. The maximum atomic E-state index is 13.4. The second kappa shape index (κ2) is 8.36. The zero-order valence-electron chi connectivity index (χ0n) is 16.4. The van der Waals surface area contributed by atoms with Crippen LogP contribution in [0.1, 0.15) is 40.6 Å². The number of hydrogen-bond acceptors (Lipinski definition) is 3. The van der Waals surface area contributed by atoms with Crippen molar-refractivity contribution in [2.24, 2.45) is 0 Å². The first-order valence-corrected chi connectivity index (χ1v) is 10.9. The summed E-state index contributed by atoms with van der Waals surface area (Å²) in [7, 11) is 0. The molecule has 7 heteroatoms. The highest BCUT2D eigenvalue weighted by atomic mass is 32.1. The molecule has 0 radical (unpaired) electrons. The Morgan fingerprint density at radius 3 is 2.79 bits per heavy atom. The highest BCUT2D eigenvalue weighted by Gasteiger charge is 2.44. The minimum atomic E-state index is -2.33. The maximum absolute atomic E-state index is 13.4. The molecule has 2 atom stereocenters. The molecular formula is C22H25F4NOS. The molecule has 0 bridgehead atoms. The first kappa shape index (κ1) is 20.8. The van der Waals surface area contributed by atoms with Gasteiger partial charge in [0.2, 0.25) is 6.43 Å². The van der Waals surface area contributed by atoms with Crippen LogP contribution < -0.4 is 0 Å². The van der Waals surface area contributed by atoms with Crippen molar-refractivity contribution >= 4 is 11.3 Å². The number of hydrogen-bond donors (Lipinski definition) is 0. The summed E-state index contributed by atoms with van der Waals surface area (Å²) < 4.78 is 58.5. The third-order valence-corrected chi connectivity index (χ3v) is 7.49. The van der Waals surface area contributed by atoms with Gasteiger partial charge >= 0.3 is 0 Å². The van der Waals surface area contributed by atoms with Crippen LogP contribution in [0.5, 0.6) is 0 Å². The molecule has 2 aromatic rings. The molecule has 158 valence electrons. The number of nitrogens with zero attached hydrogens (tertiary/aromatic N) is 1. The Morgan fingerprint density at radius 1 is 1.24 bits per heavy atom. The first-order chi connectivity index (χ1) is 13.9. The van der Waals surface area contributed by atoms with E-state index in [1.807, 2.05) is 6.07 Å². The van der Waals surface area contributed by atoms with Crippen LogP contribution in [0.4, 0.5) is 17.6 Å². The fraction of sp³-hybridized carbons (Fsp3) is 0.545. The van der Waals surface area contributed by atoms with Gasteiger partial charge in [0.1, 0.15) is 5.60 Å². The molecule has 2 aliphatic heterocycles. The number of fused-ring (bicyclic) bond motifs is 2. The van der Waals surface area contributed by atoms with Crippen LogP contribution in [0, 0.1) is 11.6 Å². The molecule has 0 saturated carbocycles. The lowest BCUT2D eigenvalue weighted by Crippen LogP contribution is -2.50. The van der Waals surface area contributed by atoms with Gasteiger partial charge in [-0.05, 0) is 61.9 Å². The van der Waals surface area contributed by atoms with Gasteiger partial charge in [-0.1, -0.05) is 6.07 Å². The summed E-state index contributed by atoms with van der Waals surface area (Å²) in [5.41, 5.74) is 1.57. The molecule has 2 nitrogen and oxygen atoms in total. The third kappa shape index (κ3) is 4.37. The number of ether oxygens (including phenoxy) is 1. The van der Waals surface area contributed by atoms with Crippen LogP contribution >= 0.6 is 11.3 Å². The monoisotopic (exact) mass is 427 g/mol. The van der Waals surface area contributed by atoms with Gasteiger partial charge in [0.25, 0.3) is 0 Å². The lowest BCUT2D eigenvalue weighted by molar-refractivity contribution is -0.108. The van der Waals surface area contributed by atoms with Crippen molar-refractivity contribution in [1.29, 1.82) is 0 Å². The molecule has 1 fully saturated rings. The van der Waals surface area contributed by atoms with Crippen molar-refractivity contribution in [3.63, 3.8) is 0 Å². The minimum absolute atomic E-state index is 0.191. The van der Waals surface area contributed by atoms with E-state index in [0.29, 0.717) is 13.0 Å². The fourth-order valence-corrected chi connectivity index (χ4v) is 6.02. The number of benzene rings is 1. The number of likely N-dealkylation sites (tertiary alicyclic amines) is 1. The number of piperidine rings is 1. The van der Waals surface area contributed by atoms with Crippen LogP contribution in [0.25, 0.3) is 0 Å². The Morgan fingerprint density at radius 2 is 2.07 bits per heavy atom. The molecule has 1 spiro atoms. The molecule has 0 unspecified atom stereocenters. The fourth-order valence-electron chi connectivity index (χ4n) is 4.62. The highest BCUT2D eigenvalue weighted by Crippen LogP contribution is 2.47. The van der Waals surface area contributed by atoms with E-state index < -0.39 is 18.1 Å². The summed E-state index contributed by atoms with van der Waals surface area (Å²) in [6.07, 6.45) is 0.541. The summed E-state index contributed by atoms with van der Waals surface area (Å²) in [6.45, 7) is 4.36. The van der Waals surface area contributed by atoms with Crippen LogP contribution in [0.3, 0.4) is 0 Å². The summed E-state index contributed by atoms with van der Waals surface area (Å²) in [4.78, 5) is 4.22. The Labute approximate surface area is 172 Å². The molecule has 2 aliphatic rings. The largest absolute Gasteiger partial charge is 0.369 e. The minimum Gasteiger partial charge on any atom is -0.369 e. The van der Waals surface area contributed by atoms with Gasteiger partial charge in [-0.3, -0.25) is 0 Å². The molecule has 3 heterocycles. The Kier molecular flexibility index (Phi) is 6.00. The Hall–Kier alpha value is -1.44. The van der Waals surface area contributed by atoms with Gasteiger partial charge in [0.15, 0.2) is 11.6 Å². The Bertz CT molecular complexity index is 870. The van der Waals surface area contributed by atoms with Crippen molar-refractivity contribution in [2.45, 2.75) is 57.1 Å². The zero-order valence-corrected chi connectivity index (χ0v) is 17.2. The average molecular weight is 428 g/mol. The molecule has 1 aromatic heterocycles. The van der Waals surface area contributed by atoms with Crippen molar-refractivity contribution in [2.75, 3.05) is 19.7 Å². The number of rotatable bonds is 5. The van der Waals surface area contributed by atoms with Gasteiger partial charge in [-0.15, -0.1) is 11.3 Å². The smallest absolute Gasteiger partial charge is 0.243 e. The molecule has 1 aromatic carbocycles. The topological polar surface area (TPSA) is 12.5 Å². The van der Waals surface area contributed by atoms with Crippen LogP contribution in [0.2, 0.25) is 0 Å². The van der Waals surface area contributed by atoms with Gasteiger partial charge in [-0.25, -0.2) is 17.6 Å². The summed E-state index contributed by atoms with van der Waals surface area (Å²) >= 11 is 1.48. The molecule has 0 N–H and O–H groups in total.